The summed E-state index contributed by atoms with van der Waals surface area (Å²) < 4.78 is 18.1. The predicted octanol–water partition coefficient (Wildman–Crippen LogP) is 4.19. The zero-order valence-electron chi connectivity index (χ0n) is 18.0. The summed E-state index contributed by atoms with van der Waals surface area (Å²) in [6.07, 6.45) is 0.521. The molecule has 6 heteroatoms. The Hall–Kier alpha value is -3.80. The van der Waals surface area contributed by atoms with Gasteiger partial charge in [0.05, 0.1) is 5.56 Å². The quantitative estimate of drug-likeness (QED) is 0.427. The summed E-state index contributed by atoms with van der Waals surface area (Å²) >= 11 is 0. The Morgan fingerprint density at radius 3 is 2.28 bits per heavy atom. The second kappa shape index (κ2) is 10.5. The van der Waals surface area contributed by atoms with Gasteiger partial charge in [-0.25, -0.2) is 9.18 Å². The van der Waals surface area contributed by atoms with Crippen molar-refractivity contribution in [3.8, 4) is 0 Å². The fraction of sp³-hybridized carbons (Fsp3) is 0.192. The molecule has 0 aliphatic heterocycles. The van der Waals surface area contributed by atoms with E-state index < -0.39 is 18.5 Å². The van der Waals surface area contributed by atoms with Gasteiger partial charge in [-0.2, -0.15) is 0 Å². The lowest BCUT2D eigenvalue weighted by atomic mass is 9.94. The van der Waals surface area contributed by atoms with Crippen molar-refractivity contribution in [2.75, 3.05) is 13.2 Å². The third-order valence-electron chi connectivity index (χ3n) is 5.01. The maximum Gasteiger partial charge on any atom is 0.339 e. The minimum Gasteiger partial charge on any atom is -0.452 e. The summed E-state index contributed by atoms with van der Waals surface area (Å²) in [5.41, 5.74) is 3.48. The van der Waals surface area contributed by atoms with E-state index in [1.807, 2.05) is 26.0 Å². The highest BCUT2D eigenvalue weighted by Crippen LogP contribution is 2.19. The molecule has 1 amide bonds. The van der Waals surface area contributed by atoms with Gasteiger partial charge in [0, 0.05) is 17.7 Å². The van der Waals surface area contributed by atoms with E-state index in [1.165, 1.54) is 18.2 Å². The first-order chi connectivity index (χ1) is 15.3. The van der Waals surface area contributed by atoms with Gasteiger partial charge in [0.1, 0.15) is 5.82 Å². The second-order valence-corrected chi connectivity index (χ2v) is 7.50. The van der Waals surface area contributed by atoms with Gasteiger partial charge in [-0.05, 0) is 55.7 Å². The Morgan fingerprint density at radius 1 is 0.875 bits per heavy atom. The third kappa shape index (κ3) is 5.88. The lowest BCUT2D eigenvalue weighted by Crippen LogP contribution is -2.30. The number of aryl methyl sites for hydroxylation is 2. The Labute approximate surface area is 186 Å². The molecule has 0 aliphatic rings. The topological polar surface area (TPSA) is 72.5 Å². The fourth-order valence-electron chi connectivity index (χ4n) is 3.24. The number of ether oxygens (including phenoxy) is 1. The third-order valence-corrected chi connectivity index (χ3v) is 5.01. The van der Waals surface area contributed by atoms with E-state index in [9.17, 15) is 18.8 Å². The van der Waals surface area contributed by atoms with Gasteiger partial charge >= 0.3 is 5.97 Å². The van der Waals surface area contributed by atoms with Crippen LogP contribution < -0.4 is 5.32 Å². The number of esters is 1. The van der Waals surface area contributed by atoms with E-state index in [0.29, 0.717) is 18.5 Å². The Morgan fingerprint density at radius 2 is 1.56 bits per heavy atom. The molecule has 1 N–H and O–H groups in total. The van der Waals surface area contributed by atoms with E-state index in [2.05, 4.69) is 5.32 Å². The Bertz CT molecular complexity index is 1140. The molecule has 0 heterocycles. The maximum absolute atomic E-state index is 13.1. The van der Waals surface area contributed by atoms with Gasteiger partial charge in [0.25, 0.3) is 5.91 Å². The normalized spacial score (nSPS) is 10.5. The summed E-state index contributed by atoms with van der Waals surface area (Å²) in [6.45, 7) is 3.59. The number of carbonyl (C=O) groups excluding carboxylic acids is 3. The van der Waals surface area contributed by atoms with Crippen molar-refractivity contribution >= 4 is 17.7 Å². The summed E-state index contributed by atoms with van der Waals surface area (Å²) in [6, 6.07) is 18.0. The molecule has 3 aromatic carbocycles. The van der Waals surface area contributed by atoms with Crippen LogP contribution in [-0.2, 0) is 16.0 Å². The Balaban J connectivity index is 1.59. The SMILES string of the molecule is Cc1ccc(C)c(C(=O)c2ccccc2C(=O)OCC(=O)NCCc2ccc(F)cc2)c1. The smallest absolute Gasteiger partial charge is 0.339 e. The minimum atomic E-state index is -0.743. The molecule has 0 saturated carbocycles. The number of hydrogen-bond donors (Lipinski definition) is 1. The number of ketones is 1. The molecule has 0 bridgehead atoms. The van der Waals surface area contributed by atoms with Crippen LogP contribution in [0.4, 0.5) is 4.39 Å². The van der Waals surface area contributed by atoms with Crippen molar-refractivity contribution in [3.05, 3.63) is 106 Å². The summed E-state index contributed by atoms with van der Waals surface area (Å²) in [4.78, 5) is 37.7. The lowest BCUT2D eigenvalue weighted by molar-refractivity contribution is -0.124. The summed E-state index contributed by atoms with van der Waals surface area (Å²) in [7, 11) is 0. The molecule has 0 aliphatic carbocycles. The molecule has 3 rings (SSSR count). The fourth-order valence-corrected chi connectivity index (χ4v) is 3.24. The van der Waals surface area contributed by atoms with Crippen LogP contribution in [0.5, 0.6) is 0 Å². The number of benzene rings is 3. The highest BCUT2D eigenvalue weighted by Gasteiger charge is 2.21. The first-order valence-corrected chi connectivity index (χ1v) is 10.2. The van der Waals surface area contributed by atoms with Crippen LogP contribution in [-0.4, -0.2) is 30.8 Å². The van der Waals surface area contributed by atoms with Crippen LogP contribution in [0.1, 0.15) is 43.0 Å². The molecule has 32 heavy (non-hydrogen) atoms. The van der Waals surface area contributed by atoms with Crippen molar-refractivity contribution in [2.45, 2.75) is 20.3 Å². The molecule has 0 radical (unpaired) electrons. The molecule has 0 aromatic heterocycles. The van der Waals surface area contributed by atoms with Crippen molar-refractivity contribution in [2.24, 2.45) is 0 Å². The molecule has 5 nitrogen and oxygen atoms in total. The van der Waals surface area contributed by atoms with Crippen LogP contribution in [0, 0.1) is 19.7 Å². The molecular weight excluding hydrogens is 409 g/mol. The Kier molecular flexibility index (Phi) is 7.49. The van der Waals surface area contributed by atoms with Crippen LogP contribution >= 0.6 is 0 Å². The van der Waals surface area contributed by atoms with Crippen LogP contribution in [0.3, 0.4) is 0 Å². The van der Waals surface area contributed by atoms with Crippen LogP contribution in [0.25, 0.3) is 0 Å². The van der Waals surface area contributed by atoms with Gasteiger partial charge in [-0.15, -0.1) is 0 Å². The minimum absolute atomic E-state index is 0.109. The highest BCUT2D eigenvalue weighted by atomic mass is 19.1. The second-order valence-electron chi connectivity index (χ2n) is 7.50. The molecule has 3 aromatic rings. The largest absolute Gasteiger partial charge is 0.452 e. The van der Waals surface area contributed by atoms with Gasteiger partial charge in [0.15, 0.2) is 12.4 Å². The maximum atomic E-state index is 13.1. The molecule has 0 spiro atoms. The van der Waals surface area contributed by atoms with Gasteiger partial charge in [-0.1, -0.05) is 48.0 Å². The van der Waals surface area contributed by atoms with Gasteiger partial charge in [0.2, 0.25) is 0 Å². The van der Waals surface area contributed by atoms with Crippen LogP contribution in [0.15, 0.2) is 66.7 Å². The number of halogens is 1. The van der Waals surface area contributed by atoms with Crippen molar-refractivity contribution in [3.63, 3.8) is 0 Å². The first-order valence-electron chi connectivity index (χ1n) is 10.2. The van der Waals surface area contributed by atoms with E-state index >= 15 is 0 Å². The summed E-state index contributed by atoms with van der Waals surface area (Å²) in [5, 5.41) is 2.65. The molecule has 0 fully saturated rings. The van der Waals surface area contributed by atoms with Gasteiger partial charge < -0.3 is 10.1 Å². The number of amides is 1. The van der Waals surface area contributed by atoms with Gasteiger partial charge in [-0.3, -0.25) is 9.59 Å². The monoisotopic (exact) mass is 433 g/mol. The van der Waals surface area contributed by atoms with E-state index in [-0.39, 0.29) is 22.7 Å². The first kappa shape index (κ1) is 22.9. The van der Waals surface area contributed by atoms with E-state index in [4.69, 9.17) is 4.74 Å². The molecule has 164 valence electrons. The van der Waals surface area contributed by atoms with E-state index in [1.54, 1.807) is 36.4 Å². The zero-order valence-corrected chi connectivity index (χ0v) is 18.0. The molecule has 0 atom stereocenters. The number of rotatable bonds is 8. The standard InChI is InChI=1S/C26H24FNO4/c1-17-7-8-18(2)23(15-17)25(30)21-5-3-4-6-22(21)26(31)32-16-24(29)28-14-13-19-9-11-20(27)12-10-19/h3-12,15H,13-14,16H2,1-2H3,(H,28,29). The summed E-state index contributed by atoms with van der Waals surface area (Å²) in [5.74, 6) is -1.80. The van der Waals surface area contributed by atoms with Crippen molar-refractivity contribution in [1.29, 1.82) is 0 Å². The van der Waals surface area contributed by atoms with Crippen LogP contribution in [0.2, 0.25) is 0 Å². The number of carbonyl (C=O) groups is 3. The average molecular weight is 433 g/mol. The lowest BCUT2D eigenvalue weighted by Gasteiger charge is -2.11. The average Bonchev–Trinajstić information content (AvgIpc) is 2.80. The zero-order chi connectivity index (χ0) is 23.1. The van der Waals surface area contributed by atoms with Crippen molar-refractivity contribution in [1.82, 2.24) is 5.32 Å². The number of nitrogens with one attached hydrogen (secondary N) is 1. The molecule has 0 saturated heterocycles. The van der Waals surface area contributed by atoms with E-state index in [0.717, 1.165) is 16.7 Å². The molecular formula is C26H24FNO4. The van der Waals surface area contributed by atoms with Crippen molar-refractivity contribution < 1.29 is 23.5 Å². The molecule has 0 unspecified atom stereocenters. The highest BCUT2D eigenvalue weighted by molar-refractivity contribution is 6.15. The number of hydrogen-bond acceptors (Lipinski definition) is 4. The predicted molar refractivity (Wildman–Crippen MR) is 119 cm³/mol.